The van der Waals surface area contributed by atoms with Gasteiger partial charge in [0.15, 0.2) is 0 Å². The fourth-order valence-corrected chi connectivity index (χ4v) is 4.38. The van der Waals surface area contributed by atoms with E-state index in [9.17, 15) is 9.59 Å². The lowest BCUT2D eigenvalue weighted by Gasteiger charge is -2.40. The van der Waals surface area contributed by atoms with Crippen LogP contribution in [0.15, 0.2) is 73.1 Å². The van der Waals surface area contributed by atoms with Gasteiger partial charge in [-0.15, -0.1) is 0 Å². The summed E-state index contributed by atoms with van der Waals surface area (Å²) in [6.07, 6.45) is 4.00. The van der Waals surface area contributed by atoms with Crippen molar-refractivity contribution in [3.63, 3.8) is 0 Å². The van der Waals surface area contributed by atoms with Gasteiger partial charge in [-0.3, -0.25) is 14.6 Å². The van der Waals surface area contributed by atoms with Gasteiger partial charge in [0.1, 0.15) is 11.8 Å². The molecule has 2 heterocycles. The Morgan fingerprint density at radius 1 is 1.03 bits per heavy atom. The minimum atomic E-state index is -0.585. The van der Waals surface area contributed by atoms with E-state index in [1.807, 2.05) is 73.5 Å². The first-order valence-electron chi connectivity index (χ1n) is 11.4. The van der Waals surface area contributed by atoms with Gasteiger partial charge in [-0.1, -0.05) is 42.5 Å². The van der Waals surface area contributed by atoms with Gasteiger partial charge in [-0.25, -0.2) is 0 Å². The molecule has 170 valence electrons. The van der Waals surface area contributed by atoms with E-state index in [1.165, 1.54) is 0 Å². The van der Waals surface area contributed by atoms with Gasteiger partial charge in [-0.2, -0.15) is 0 Å². The average molecular weight is 444 g/mol. The lowest BCUT2D eigenvalue weighted by Crippen LogP contribution is -2.59. The van der Waals surface area contributed by atoms with Gasteiger partial charge in [0, 0.05) is 44.0 Å². The molecule has 6 nitrogen and oxygen atoms in total. The summed E-state index contributed by atoms with van der Waals surface area (Å²) in [4.78, 5) is 34.9. The van der Waals surface area contributed by atoms with Crippen molar-refractivity contribution >= 4 is 11.8 Å². The highest BCUT2D eigenvalue weighted by Crippen LogP contribution is 2.28. The van der Waals surface area contributed by atoms with Gasteiger partial charge in [0.05, 0.1) is 12.2 Å². The number of rotatable bonds is 7. The van der Waals surface area contributed by atoms with Crippen LogP contribution in [0, 0.1) is 0 Å². The van der Waals surface area contributed by atoms with Crippen molar-refractivity contribution < 1.29 is 14.3 Å². The number of carbonyl (C=O) groups excluding carboxylic acids is 2. The molecule has 6 heteroatoms. The van der Waals surface area contributed by atoms with E-state index in [4.69, 9.17) is 4.74 Å². The fourth-order valence-electron chi connectivity index (χ4n) is 4.38. The first-order valence-corrected chi connectivity index (χ1v) is 11.4. The lowest BCUT2D eigenvalue weighted by molar-refractivity contribution is -0.139. The third-order valence-corrected chi connectivity index (χ3v) is 6.05. The van der Waals surface area contributed by atoms with Crippen LogP contribution in [-0.2, 0) is 11.2 Å². The number of aromatic nitrogens is 1. The molecule has 1 fully saturated rings. The highest BCUT2D eigenvalue weighted by molar-refractivity contribution is 6.00. The van der Waals surface area contributed by atoms with Crippen LogP contribution in [0.1, 0.15) is 29.8 Å². The van der Waals surface area contributed by atoms with Crippen molar-refractivity contribution in [1.82, 2.24) is 14.8 Å². The molecule has 1 aliphatic rings. The zero-order valence-corrected chi connectivity index (χ0v) is 19.1. The van der Waals surface area contributed by atoms with E-state index >= 15 is 0 Å². The predicted octanol–water partition coefficient (Wildman–Crippen LogP) is 4.06. The maximum Gasteiger partial charge on any atom is 0.258 e. The van der Waals surface area contributed by atoms with Crippen molar-refractivity contribution in [2.24, 2.45) is 0 Å². The van der Waals surface area contributed by atoms with Crippen LogP contribution >= 0.6 is 0 Å². The van der Waals surface area contributed by atoms with E-state index in [0.717, 1.165) is 16.7 Å². The number of carbonyl (C=O) groups is 2. The summed E-state index contributed by atoms with van der Waals surface area (Å²) in [7, 11) is 0. The molecule has 1 aromatic heterocycles. The second kappa shape index (κ2) is 10.3. The molecule has 1 saturated heterocycles. The Kier molecular flexibility index (Phi) is 7.03. The lowest BCUT2D eigenvalue weighted by atomic mass is 9.93. The summed E-state index contributed by atoms with van der Waals surface area (Å²) in [6.45, 7) is 5.96. The van der Waals surface area contributed by atoms with E-state index in [-0.39, 0.29) is 11.8 Å². The first-order chi connectivity index (χ1) is 16.1. The molecule has 0 aliphatic carbocycles. The normalized spacial score (nSPS) is 16.1. The summed E-state index contributed by atoms with van der Waals surface area (Å²) in [5.41, 5.74) is 3.51. The summed E-state index contributed by atoms with van der Waals surface area (Å²) in [5.74, 6) is 0.351. The number of hydrogen-bond donors (Lipinski definition) is 0. The summed E-state index contributed by atoms with van der Waals surface area (Å²) >= 11 is 0. The van der Waals surface area contributed by atoms with Crippen molar-refractivity contribution in [1.29, 1.82) is 0 Å². The van der Waals surface area contributed by atoms with E-state index in [0.29, 0.717) is 44.0 Å². The number of para-hydroxylation sites is 1. The summed E-state index contributed by atoms with van der Waals surface area (Å²) < 4.78 is 5.70. The quantitative estimate of drug-likeness (QED) is 0.552. The highest BCUT2D eigenvalue weighted by atomic mass is 16.5. The van der Waals surface area contributed by atoms with Crippen LogP contribution in [0.5, 0.6) is 5.75 Å². The Morgan fingerprint density at radius 3 is 2.58 bits per heavy atom. The number of pyridine rings is 1. The van der Waals surface area contributed by atoms with Gasteiger partial charge < -0.3 is 14.5 Å². The van der Waals surface area contributed by atoms with E-state index in [2.05, 4.69) is 4.98 Å². The standard InChI is InChI=1S/C27H29N3O3/c1-3-29-16-17-30(26(31)23-13-7-8-14-25(23)33-4-2)24(27(29)32)18-20-10-5-6-12-22(20)21-11-9-15-28-19-21/h5-15,19,24H,3-4,16-18H2,1-2H3/t24-/m0/s1. The van der Waals surface area contributed by atoms with Gasteiger partial charge >= 0.3 is 0 Å². The number of hydrogen-bond acceptors (Lipinski definition) is 4. The molecular weight excluding hydrogens is 414 g/mol. The average Bonchev–Trinajstić information content (AvgIpc) is 2.86. The number of amides is 2. The molecule has 2 aromatic carbocycles. The largest absolute Gasteiger partial charge is 0.493 e. The topological polar surface area (TPSA) is 62.7 Å². The Labute approximate surface area is 194 Å². The highest BCUT2D eigenvalue weighted by Gasteiger charge is 2.38. The molecule has 33 heavy (non-hydrogen) atoms. The first kappa shape index (κ1) is 22.5. The van der Waals surface area contributed by atoms with E-state index in [1.54, 1.807) is 23.2 Å². The summed E-state index contributed by atoms with van der Waals surface area (Å²) in [5, 5.41) is 0. The summed E-state index contributed by atoms with van der Waals surface area (Å²) in [6, 6.07) is 18.6. The number of ether oxygens (including phenoxy) is 1. The third-order valence-electron chi connectivity index (χ3n) is 6.05. The minimum absolute atomic E-state index is 0.0213. The van der Waals surface area contributed by atoms with Crippen LogP contribution < -0.4 is 4.74 Å². The number of nitrogens with zero attached hydrogens (tertiary/aromatic N) is 3. The number of likely N-dealkylation sites (N-methyl/N-ethyl adjacent to an activating group) is 1. The van der Waals surface area contributed by atoms with E-state index < -0.39 is 6.04 Å². The van der Waals surface area contributed by atoms with Gasteiger partial charge in [0.2, 0.25) is 5.91 Å². The molecule has 1 atom stereocenters. The molecular formula is C27H29N3O3. The van der Waals surface area contributed by atoms with Crippen LogP contribution in [0.3, 0.4) is 0 Å². The van der Waals surface area contributed by atoms with Crippen molar-refractivity contribution in [2.45, 2.75) is 26.3 Å². The van der Waals surface area contributed by atoms with Gasteiger partial charge in [-0.05, 0) is 43.2 Å². The SMILES string of the molecule is CCOc1ccccc1C(=O)N1CCN(CC)C(=O)[C@@H]1Cc1ccccc1-c1cccnc1. The maximum atomic E-state index is 13.7. The number of benzene rings is 2. The van der Waals surface area contributed by atoms with Crippen LogP contribution in [-0.4, -0.2) is 58.9 Å². The van der Waals surface area contributed by atoms with Crippen molar-refractivity contribution in [3.8, 4) is 16.9 Å². The monoisotopic (exact) mass is 443 g/mol. The van der Waals surface area contributed by atoms with Crippen molar-refractivity contribution in [3.05, 3.63) is 84.2 Å². The smallest absolute Gasteiger partial charge is 0.258 e. The maximum absolute atomic E-state index is 13.7. The Hall–Kier alpha value is -3.67. The fraction of sp³-hybridized carbons (Fsp3) is 0.296. The van der Waals surface area contributed by atoms with Crippen LogP contribution in [0.2, 0.25) is 0 Å². The molecule has 1 aliphatic heterocycles. The molecule has 0 N–H and O–H groups in total. The molecule has 3 aromatic rings. The van der Waals surface area contributed by atoms with Gasteiger partial charge in [0.25, 0.3) is 5.91 Å². The molecule has 2 amide bonds. The molecule has 4 rings (SSSR count). The Morgan fingerprint density at radius 2 is 1.82 bits per heavy atom. The minimum Gasteiger partial charge on any atom is -0.493 e. The molecule has 0 radical (unpaired) electrons. The predicted molar refractivity (Wildman–Crippen MR) is 128 cm³/mol. The Balaban J connectivity index is 1.70. The van der Waals surface area contributed by atoms with Crippen LogP contribution in [0.4, 0.5) is 0 Å². The second-order valence-corrected chi connectivity index (χ2v) is 7.96. The van der Waals surface area contributed by atoms with Crippen LogP contribution in [0.25, 0.3) is 11.1 Å². The molecule has 0 unspecified atom stereocenters. The third kappa shape index (κ3) is 4.75. The second-order valence-electron chi connectivity index (χ2n) is 7.96. The zero-order chi connectivity index (χ0) is 23.2. The molecule has 0 saturated carbocycles. The zero-order valence-electron chi connectivity index (χ0n) is 19.1. The number of piperazine rings is 1. The van der Waals surface area contributed by atoms with Crippen molar-refractivity contribution in [2.75, 3.05) is 26.2 Å². The molecule has 0 bridgehead atoms. The molecule has 0 spiro atoms. The Bertz CT molecular complexity index is 1120.